The molecular weight excluding hydrogens is 359 g/mol. The van der Waals surface area contributed by atoms with E-state index in [0.717, 1.165) is 4.47 Å². The molecule has 0 saturated carbocycles. The van der Waals surface area contributed by atoms with Gasteiger partial charge in [0.05, 0.1) is 10.6 Å². The highest BCUT2D eigenvalue weighted by Gasteiger charge is 2.20. The minimum atomic E-state index is -0.323. The highest BCUT2D eigenvalue weighted by Crippen LogP contribution is 2.40. The van der Waals surface area contributed by atoms with Gasteiger partial charge in [-0.2, -0.15) is 0 Å². The van der Waals surface area contributed by atoms with E-state index in [4.69, 9.17) is 21.9 Å². The third-order valence-corrected chi connectivity index (χ3v) is 4.35. The highest BCUT2D eigenvalue weighted by atomic mass is 79.9. The van der Waals surface area contributed by atoms with Gasteiger partial charge in [-0.15, -0.1) is 0 Å². The fourth-order valence-corrected chi connectivity index (χ4v) is 2.65. The molecule has 3 nitrogen and oxygen atoms in total. The van der Waals surface area contributed by atoms with Crippen LogP contribution in [0.5, 0.6) is 0 Å². The van der Waals surface area contributed by atoms with Gasteiger partial charge in [0.2, 0.25) is 5.88 Å². The average Bonchev–Trinajstić information content (AvgIpc) is 2.85. The number of benzene rings is 2. The normalized spacial score (nSPS) is 10.8. The molecule has 0 unspecified atom stereocenters. The van der Waals surface area contributed by atoms with Gasteiger partial charge in [-0.1, -0.05) is 41.0 Å². The second-order valence-electron chi connectivity index (χ2n) is 4.38. The molecule has 0 bridgehead atoms. The third-order valence-electron chi connectivity index (χ3n) is 3.06. The van der Waals surface area contributed by atoms with Crippen LogP contribution in [0.4, 0.5) is 10.3 Å². The summed E-state index contributed by atoms with van der Waals surface area (Å²) in [6, 6.07) is 11.4. The summed E-state index contributed by atoms with van der Waals surface area (Å²) in [4.78, 5) is 0. The monoisotopic (exact) mass is 366 g/mol. The summed E-state index contributed by atoms with van der Waals surface area (Å²) in [5.41, 5.74) is 8.37. The first kappa shape index (κ1) is 14.1. The summed E-state index contributed by atoms with van der Waals surface area (Å²) in [6.07, 6.45) is 0. The van der Waals surface area contributed by atoms with Gasteiger partial charge in [-0.05, 0) is 39.7 Å². The molecule has 2 N–H and O–H groups in total. The van der Waals surface area contributed by atoms with Crippen molar-refractivity contribution in [3.8, 4) is 22.4 Å². The van der Waals surface area contributed by atoms with Crippen molar-refractivity contribution in [2.24, 2.45) is 0 Å². The summed E-state index contributed by atoms with van der Waals surface area (Å²) in [5.74, 6) is -0.163. The summed E-state index contributed by atoms with van der Waals surface area (Å²) < 4.78 is 18.9. The van der Waals surface area contributed by atoms with Gasteiger partial charge in [0.1, 0.15) is 11.5 Å². The smallest absolute Gasteiger partial charge is 0.230 e. The van der Waals surface area contributed by atoms with Crippen LogP contribution >= 0.6 is 27.5 Å². The van der Waals surface area contributed by atoms with E-state index in [1.165, 1.54) is 12.1 Å². The highest BCUT2D eigenvalue weighted by molar-refractivity contribution is 9.10. The standard InChI is InChI=1S/C15H9BrClFN2O/c16-11-3-1-2-10(13(11)17)14-12(15(19)21-20-14)8-4-6-9(18)7-5-8/h1-7H,19H2. The lowest BCUT2D eigenvalue weighted by atomic mass is 10.0. The number of rotatable bonds is 2. The van der Waals surface area contributed by atoms with Crippen LogP contribution in [-0.2, 0) is 0 Å². The summed E-state index contributed by atoms with van der Waals surface area (Å²) in [5, 5.41) is 4.50. The van der Waals surface area contributed by atoms with Gasteiger partial charge < -0.3 is 10.3 Å². The zero-order valence-electron chi connectivity index (χ0n) is 10.6. The largest absolute Gasteiger partial charge is 0.367 e. The Labute approximate surface area is 133 Å². The van der Waals surface area contributed by atoms with Gasteiger partial charge in [0.25, 0.3) is 0 Å². The van der Waals surface area contributed by atoms with Crippen molar-refractivity contribution >= 4 is 33.4 Å². The fourth-order valence-electron chi connectivity index (χ4n) is 2.07. The van der Waals surface area contributed by atoms with Crippen molar-refractivity contribution in [1.29, 1.82) is 0 Å². The molecule has 0 aliphatic carbocycles. The molecule has 2 aromatic carbocycles. The Hall–Kier alpha value is -1.85. The lowest BCUT2D eigenvalue weighted by molar-refractivity contribution is 0.439. The van der Waals surface area contributed by atoms with Crippen molar-refractivity contribution in [2.45, 2.75) is 0 Å². The number of hydrogen-bond acceptors (Lipinski definition) is 3. The Morgan fingerprint density at radius 3 is 2.57 bits per heavy atom. The second kappa shape index (κ2) is 5.50. The molecule has 6 heteroatoms. The maximum absolute atomic E-state index is 13.1. The third kappa shape index (κ3) is 2.54. The van der Waals surface area contributed by atoms with E-state index in [-0.39, 0.29) is 11.7 Å². The molecule has 3 rings (SSSR count). The second-order valence-corrected chi connectivity index (χ2v) is 5.61. The number of anilines is 1. The van der Waals surface area contributed by atoms with Crippen molar-refractivity contribution in [3.05, 3.63) is 57.8 Å². The number of hydrogen-bond donors (Lipinski definition) is 1. The van der Waals surface area contributed by atoms with E-state index in [9.17, 15) is 4.39 Å². The van der Waals surface area contributed by atoms with E-state index >= 15 is 0 Å². The lowest BCUT2D eigenvalue weighted by Gasteiger charge is -2.06. The van der Waals surface area contributed by atoms with Gasteiger partial charge in [-0.25, -0.2) is 4.39 Å². The Morgan fingerprint density at radius 2 is 1.86 bits per heavy atom. The molecule has 0 aliphatic heterocycles. The summed E-state index contributed by atoms with van der Waals surface area (Å²) in [7, 11) is 0. The maximum Gasteiger partial charge on any atom is 0.230 e. The minimum absolute atomic E-state index is 0.160. The molecular formula is C15H9BrClFN2O. The van der Waals surface area contributed by atoms with Crippen LogP contribution in [0.2, 0.25) is 5.02 Å². The molecule has 0 radical (unpaired) electrons. The number of aromatic nitrogens is 1. The molecule has 21 heavy (non-hydrogen) atoms. The Morgan fingerprint density at radius 1 is 1.14 bits per heavy atom. The molecule has 0 fully saturated rings. The van der Waals surface area contributed by atoms with Crippen molar-refractivity contribution in [3.63, 3.8) is 0 Å². The first-order valence-corrected chi connectivity index (χ1v) is 7.20. The average molecular weight is 368 g/mol. The van der Waals surface area contributed by atoms with Crippen molar-refractivity contribution in [2.75, 3.05) is 5.73 Å². The number of nitrogens with zero attached hydrogens (tertiary/aromatic N) is 1. The molecule has 106 valence electrons. The first-order valence-electron chi connectivity index (χ1n) is 6.03. The molecule has 1 aromatic heterocycles. The van der Waals surface area contributed by atoms with Crippen LogP contribution < -0.4 is 5.73 Å². The fraction of sp³-hybridized carbons (Fsp3) is 0. The van der Waals surface area contributed by atoms with E-state index in [0.29, 0.717) is 27.4 Å². The van der Waals surface area contributed by atoms with Crippen LogP contribution in [-0.4, -0.2) is 5.16 Å². The Bertz CT molecular complexity index is 802. The van der Waals surface area contributed by atoms with E-state index < -0.39 is 0 Å². The SMILES string of the molecule is Nc1onc(-c2cccc(Br)c2Cl)c1-c1ccc(F)cc1. The zero-order valence-corrected chi connectivity index (χ0v) is 13.0. The molecule has 0 spiro atoms. The Kier molecular flexibility index (Phi) is 3.69. The number of nitrogens with two attached hydrogens (primary N) is 1. The summed E-state index contributed by atoms with van der Waals surface area (Å²) >= 11 is 9.66. The molecule has 0 atom stereocenters. The predicted molar refractivity (Wildman–Crippen MR) is 84.5 cm³/mol. The van der Waals surface area contributed by atoms with Crippen molar-refractivity contribution < 1.29 is 8.91 Å². The lowest BCUT2D eigenvalue weighted by Crippen LogP contribution is -1.89. The molecule has 0 amide bonds. The number of halogens is 3. The van der Waals surface area contributed by atoms with Gasteiger partial charge in [-0.3, -0.25) is 0 Å². The van der Waals surface area contributed by atoms with Crippen LogP contribution in [0.1, 0.15) is 0 Å². The van der Waals surface area contributed by atoms with Gasteiger partial charge >= 0.3 is 0 Å². The topological polar surface area (TPSA) is 52.0 Å². The maximum atomic E-state index is 13.1. The zero-order chi connectivity index (χ0) is 15.0. The molecule has 3 aromatic rings. The number of nitrogen functional groups attached to an aromatic ring is 1. The molecule has 0 saturated heterocycles. The summed E-state index contributed by atoms with van der Waals surface area (Å²) in [6.45, 7) is 0. The van der Waals surface area contributed by atoms with E-state index in [1.54, 1.807) is 12.1 Å². The minimum Gasteiger partial charge on any atom is -0.367 e. The van der Waals surface area contributed by atoms with Crippen LogP contribution in [0.3, 0.4) is 0 Å². The van der Waals surface area contributed by atoms with Gasteiger partial charge in [0, 0.05) is 10.0 Å². The van der Waals surface area contributed by atoms with E-state index in [2.05, 4.69) is 21.1 Å². The first-order chi connectivity index (χ1) is 10.1. The molecule has 1 heterocycles. The predicted octanol–water partition coefficient (Wildman–Crippen LogP) is 5.15. The van der Waals surface area contributed by atoms with Crippen LogP contribution in [0.25, 0.3) is 22.4 Å². The van der Waals surface area contributed by atoms with Crippen LogP contribution in [0.15, 0.2) is 51.5 Å². The Balaban J connectivity index is 2.22. The van der Waals surface area contributed by atoms with Crippen LogP contribution in [0, 0.1) is 5.82 Å². The van der Waals surface area contributed by atoms with Crippen molar-refractivity contribution in [1.82, 2.24) is 5.16 Å². The quantitative estimate of drug-likeness (QED) is 0.682. The molecule has 0 aliphatic rings. The van der Waals surface area contributed by atoms with E-state index in [1.807, 2.05) is 18.2 Å². The van der Waals surface area contributed by atoms with Gasteiger partial charge in [0.15, 0.2) is 0 Å².